The summed E-state index contributed by atoms with van der Waals surface area (Å²) in [5, 5.41) is 0.364. The molecule has 0 spiro atoms. The van der Waals surface area contributed by atoms with Crippen molar-refractivity contribution in [2.24, 2.45) is 0 Å². The Kier molecular flexibility index (Phi) is 5.80. The molecule has 0 radical (unpaired) electrons. The van der Waals surface area contributed by atoms with Gasteiger partial charge in [0.1, 0.15) is 16.3 Å². The molecule has 0 aromatic carbocycles. The van der Waals surface area contributed by atoms with Crippen molar-refractivity contribution >= 4 is 34.7 Å². The van der Waals surface area contributed by atoms with Crippen molar-refractivity contribution in [2.45, 2.75) is 71.9 Å². The van der Waals surface area contributed by atoms with E-state index in [1.54, 1.807) is 21.9 Å². The van der Waals surface area contributed by atoms with Gasteiger partial charge in [-0.05, 0) is 46.1 Å². The second-order valence-electron chi connectivity index (χ2n) is 10.7. The van der Waals surface area contributed by atoms with Crippen LogP contribution in [0, 0.1) is 0 Å². The molecule has 31 heavy (non-hydrogen) atoms. The van der Waals surface area contributed by atoms with E-state index in [2.05, 4.69) is 25.8 Å². The van der Waals surface area contributed by atoms with Crippen LogP contribution in [0.1, 0.15) is 71.5 Å². The van der Waals surface area contributed by atoms with Gasteiger partial charge in [-0.25, -0.2) is 9.78 Å². The van der Waals surface area contributed by atoms with Crippen molar-refractivity contribution < 1.29 is 18.7 Å². The van der Waals surface area contributed by atoms with Gasteiger partial charge in [-0.3, -0.25) is 4.79 Å². The number of pyridine rings is 1. The van der Waals surface area contributed by atoms with Crippen LogP contribution in [0.15, 0.2) is 16.5 Å². The quantitative estimate of drug-likeness (QED) is 0.555. The number of furan rings is 1. The Hall–Kier alpha value is -2.28. The van der Waals surface area contributed by atoms with Crippen molar-refractivity contribution in [3.8, 4) is 0 Å². The van der Waals surface area contributed by atoms with E-state index < -0.39 is 11.1 Å². The maximum Gasteiger partial charge on any atom is 0.410 e. The van der Waals surface area contributed by atoms with Crippen molar-refractivity contribution in [1.82, 2.24) is 14.8 Å². The van der Waals surface area contributed by atoms with Gasteiger partial charge in [0, 0.05) is 31.3 Å². The van der Waals surface area contributed by atoms with Crippen LogP contribution >= 0.6 is 11.6 Å². The molecule has 0 N–H and O–H groups in total. The highest BCUT2D eigenvalue weighted by Gasteiger charge is 2.41. The first-order valence-electron chi connectivity index (χ1n) is 10.5. The summed E-state index contributed by atoms with van der Waals surface area (Å²) in [6.07, 6.45) is -0.370. The largest absolute Gasteiger partial charge is 0.449 e. The lowest BCUT2D eigenvalue weighted by atomic mass is 9.87. The van der Waals surface area contributed by atoms with Gasteiger partial charge in [0.15, 0.2) is 11.3 Å². The van der Waals surface area contributed by atoms with Gasteiger partial charge in [0.2, 0.25) is 0 Å². The number of rotatable bonds is 1. The van der Waals surface area contributed by atoms with Crippen LogP contribution in [0.25, 0.3) is 11.1 Å². The van der Waals surface area contributed by atoms with Crippen LogP contribution in [0.3, 0.4) is 0 Å². The van der Waals surface area contributed by atoms with Crippen molar-refractivity contribution in [1.29, 1.82) is 0 Å². The van der Waals surface area contributed by atoms with Crippen molar-refractivity contribution in [3.63, 3.8) is 0 Å². The number of ether oxygens (including phenoxy) is 1. The van der Waals surface area contributed by atoms with Gasteiger partial charge < -0.3 is 19.0 Å². The molecule has 1 aliphatic heterocycles. The monoisotopic (exact) mass is 449 g/mol. The van der Waals surface area contributed by atoms with Gasteiger partial charge in [0.25, 0.3) is 5.91 Å². The maximum absolute atomic E-state index is 13.4. The average Bonchev–Trinajstić information content (AvgIpc) is 3.00. The van der Waals surface area contributed by atoms with Crippen molar-refractivity contribution in [3.05, 3.63) is 28.6 Å². The number of hydrogen-bond donors (Lipinski definition) is 0. The van der Waals surface area contributed by atoms with Gasteiger partial charge in [-0.1, -0.05) is 32.4 Å². The van der Waals surface area contributed by atoms with E-state index in [0.29, 0.717) is 35.9 Å². The molecule has 8 heteroatoms. The minimum Gasteiger partial charge on any atom is -0.449 e. The van der Waals surface area contributed by atoms with E-state index in [1.807, 2.05) is 34.6 Å². The van der Waals surface area contributed by atoms with Crippen LogP contribution < -0.4 is 0 Å². The van der Waals surface area contributed by atoms with Crippen LogP contribution in [0.5, 0.6) is 0 Å². The number of amides is 2. The Morgan fingerprint density at radius 2 is 1.77 bits per heavy atom. The van der Waals surface area contributed by atoms with Crippen LogP contribution in [-0.2, 0) is 10.2 Å². The van der Waals surface area contributed by atoms with Crippen molar-refractivity contribution in [2.75, 3.05) is 19.6 Å². The Labute approximate surface area is 188 Å². The lowest BCUT2D eigenvalue weighted by Crippen LogP contribution is -2.62. The Morgan fingerprint density at radius 1 is 1.13 bits per heavy atom. The molecule has 2 aromatic rings. The number of halogens is 1. The number of aromatic nitrogens is 1. The third-order valence-corrected chi connectivity index (χ3v) is 5.46. The number of carbonyl (C=O) groups excluding carboxylic acids is 2. The summed E-state index contributed by atoms with van der Waals surface area (Å²) >= 11 is 6.21. The average molecular weight is 450 g/mol. The molecule has 2 amide bonds. The Bertz CT molecular complexity index is 1010. The molecule has 3 heterocycles. The molecular formula is C23H32ClN3O4. The second-order valence-corrected chi connectivity index (χ2v) is 11.1. The number of hydrogen-bond acceptors (Lipinski definition) is 5. The zero-order valence-corrected chi connectivity index (χ0v) is 20.4. The summed E-state index contributed by atoms with van der Waals surface area (Å²) in [5.74, 6) is -0.0168. The summed E-state index contributed by atoms with van der Waals surface area (Å²) in [6.45, 7) is 16.7. The molecular weight excluding hydrogens is 418 g/mol. The van der Waals surface area contributed by atoms with Crippen LogP contribution in [-0.4, -0.2) is 57.6 Å². The molecule has 1 saturated heterocycles. The molecule has 0 aliphatic carbocycles. The van der Waals surface area contributed by atoms with E-state index >= 15 is 0 Å². The normalized spacial score (nSPS) is 17.2. The van der Waals surface area contributed by atoms with Crippen LogP contribution in [0.4, 0.5) is 4.79 Å². The predicted octanol–water partition coefficient (Wildman–Crippen LogP) is 5.25. The molecule has 7 nitrogen and oxygen atoms in total. The summed E-state index contributed by atoms with van der Waals surface area (Å²) in [4.78, 5) is 33.6. The fraction of sp³-hybridized carbons (Fsp3) is 0.609. The highest BCUT2D eigenvalue weighted by atomic mass is 35.5. The predicted molar refractivity (Wildman–Crippen MR) is 121 cm³/mol. The minimum atomic E-state index is -0.594. The molecule has 2 aromatic heterocycles. The molecule has 3 rings (SSSR count). The minimum absolute atomic E-state index is 0.217. The molecule has 0 saturated carbocycles. The zero-order chi connectivity index (χ0) is 23.4. The fourth-order valence-electron chi connectivity index (χ4n) is 3.80. The molecule has 1 aliphatic rings. The van der Waals surface area contributed by atoms with Gasteiger partial charge in [-0.2, -0.15) is 0 Å². The first kappa shape index (κ1) is 23.4. The Morgan fingerprint density at radius 3 is 2.32 bits per heavy atom. The first-order valence-corrected chi connectivity index (χ1v) is 10.9. The maximum atomic E-state index is 13.4. The van der Waals surface area contributed by atoms with Crippen LogP contribution in [0.2, 0.25) is 5.15 Å². The van der Waals surface area contributed by atoms with Gasteiger partial charge in [-0.15, -0.1) is 0 Å². The Balaban J connectivity index is 1.87. The first-order chi connectivity index (χ1) is 14.1. The molecule has 0 atom stereocenters. The molecule has 170 valence electrons. The standard InChI is InChI=1S/C23H32ClN3O4/c1-21(2,3)14-11-17(24)25-15-12-16(30-18(14)15)19(28)27-10-9-26(13-23(27,7)8)20(29)31-22(4,5)6/h11-12H,9-10,13H2,1-8H3. The lowest BCUT2D eigenvalue weighted by molar-refractivity contribution is -0.0117. The molecule has 0 bridgehead atoms. The number of fused-ring (bicyclic) bond motifs is 1. The zero-order valence-electron chi connectivity index (χ0n) is 19.6. The van der Waals surface area contributed by atoms with Gasteiger partial charge >= 0.3 is 6.09 Å². The fourth-order valence-corrected chi connectivity index (χ4v) is 4.00. The van der Waals surface area contributed by atoms with E-state index in [4.69, 9.17) is 20.8 Å². The molecule has 1 fully saturated rings. The second kappa shape index (κ2) is 7.69. The summed E-state index contributed by atoms with van der Waals surface area (Å²) in [6, 6.07) is 3.43. The number of carbonyl (C=O) groups is 2. The van der Waals surface area contributed by atoms with E-state index in [-0.39, 0.29) is 23.2 Å². The topological polar surface area (TPSA) is 75.9 Å². The van der Waals surface area contributed by atoms with Gasteiger partial charge in [0.05, 0.1) is 5.54 Å². The lowest BCUT2D eigenvalue weighted by Gasteiger charge is -2.46. The van der Waals surface area contributed by atoms with E-state index in [0.717, 1.165) is 5.56 Å². The molecule has 0 unspecified atom stereocenters. The number of nitrogens with zero attached hydrogens (tertiary/aromatic N) is 3. The third kappa shape index (κ3) is 4.97. The summed E-state index contributed by atoms with van der Waals surface area (Å²) < 4.78 is 11.5. The highest BCUT2D eigenvalue weighted by Crippen LogP contribution is 2.34. The summed E-state index contributed by atoms with van der Waals surface area (Å²) in [5.41, 5.74) is 0.651. The highest BCUT2D eigenvalue weighted by molar-refractivity contribution is 6.30. The number of piperazine rings is 1. The SMILES string of the molecule is CC(C)(C)OC(=O)N1CCN(C(=O)c2cc3nc(Cl)cc(C(C)(C)C)c3o2)C(C)(C)C1. The smallest absolute Gasteiger partial charge is 0.410 e. The van der Waals surface area contributed by atoms with E-state index in [9.17, 15) is 9.59 Å². The third-order valence-electron chi connectivity index (χ3n) is 5.27. The summed E-state index contributed by atoms with van der Waals surface area (Å²) in [7, 11) is 0. The van der Waals surface area contributed by atoms with E-state index in [1.165, 1.54) is 0 Å².